The molecule has 3 aliphatic rings. The first-order valence-corrected chi connectivity index (χ1v) is 21.8. The largest absolute Gasteiger partial charge is 0.468 e. The molecule has 9 heteroatoms. The number of aromatic nitrogens is 3. The third-order valence-electron chi connectivity index (χ3n) is 13.2. The number of nitrogens with one attached hydrogen (secondary N) is 4. The van der Waals surface area contributed by atoms with Crippen molar-refractivity contribution in [2.75, 3.05) is 13.7 Å². The zero-order valence-corrected chi connectivity index (χ0v) is 37.1. The van der Waals surface area contributed by atoms with Crippen molar-refractivity contribution in [3.63, 3.8) is 0 Å². The minimum absolute atomic E-state index is 0.0855. The van der Waals surface area contributed by atoms with Crippen molar-refractivity contribution in [3.8, 4) is 0 Å². The van der Waals surface area contributed by atoms with Gasteiger partial charge in [-0.25, -0.2) is 0 Å². The van der Waals surface area contributed by atoms with E-state index < -0.39 is 11.9 Å². The topological polar surface area (TPSA) is 129 Å². The second kappa shape index (κ2) is 18.5. The average Bonchev–Trinajstić information content (AvgIpc) is 3.94. The van der Waals surface area contributed by atoms with Gasteiger partial charge in [-0.15, -0.1) is 0 Å². The van der Waals surface area contributed by atoms with Gasteiger partial charge in [0.05, 0.1) is 12.8 Å². The van der Waals surface area contributed by atoms with E-state index in [0.717, 1.165) is 92.5 Å². The summed E-state index contributed by atoms with van der Waals surface area (Å²) in [5.41, 5.74) is 12.5. The Hall–Kier alpha value is -5.05. The normalized spacial score (nSPS) is 22.3. The molecule has 6 rings (SSSR count). The summed E-state index contributed by atoms with van der Waals surface area (Å²) < 4.78 is 11.1. The van der Waals surface area contributed by atoms with E-state index in [1.807, 2.05) is 19.1 Å². The van der Waals surface area contributed by atoms with Gasteiger partial charge >= 0.3 is 11.9 Å². The van der Waals surface area contributed by atoms with Crippen molar-refractivity contribution < 1.29 is 23.9 Å². The molecular formula is C50H66N4O5. The first kappa shape index (κ1) is 43.5. The lowest BCUT2D eigenvalue weighted by molar-refractivity contribution is -0.143. The Bertz CT molecular complexity index is 2340. The number of carbonyl (C=O) groups is 3. The Balaban J connectivity index is 1.33. The monoisotopic (exact) mass is 803 g/mol. The molecule has 4 N–H and O–H groups in total. The number of allylic oxidation sites excluding steroid dienone is 3. The summed E-state index contributed by atoms with van der Waals surface area (Å²) in [6.07, 6.45) is 18.9. The summed E-state index contributed by atoms with van der Waals surface area (Å²) in [5.74, 6) is -1.13. The van der Waals surface area contributed by atoms with Gasteiger partial charge in [0, 0.05) is 74.1 Å². The first-order chi connectivity index (χ1) is 28.2. The number of ketones is 1. The van der Waals surface area contributed by atoms with E-state index >= 15 is 0 Å². The highest BCUT2D eigenvalue weighted by Crippen LogP contribution is 2.48. The van der Waals surface area contributed by atoms with Gasteiger partial charge in [0.25, 0.3) is 0 Å². The van der Waals surface area contributed by atoms with Crippen LogP contribution in [0, 0.1) is 50.4 Å². The number of aromatic amines is 3. The fourth-order valence-electron chi connectivity index (χ4n) is 9.47. The molecule has 59 heavy (non-hydrogen) atoms. The van der Waals surface area contributed by atoms with Crippen molar-refractivity contribution in [2.24, 2.45) is 29.6 Å². The molecule has 4 atom stereocenters. The predicted octanol–water partition coefficient (Wildman–Crippen LogP) is 9.27. The Morgan fingerprint density at radius 2 is 1.61 bits per heavy atom. The van der Waals surface area contributed by atoms with Gasteiger partial charge in [-0.2, -0.15) is 0 Å². The minimum atomic E-state index is -1.14. The van der Waals surface area contributed by atoms with Crippen molar-refractivity contribution in [1.29, 1.82) is 0 Å². The first-order valence-electron chi connectivity index (χ1n) is 21.8. The quantitative estimate of drug-likeness (QED) is 0.0650. The maximum Gasteiger partial charge on any atom is 0.321 e. The van der Waals surface area contributed by atoms with E-state index in [1.54, 1.807) is 0 Å². The molecular weight excluding hydrogens is 737 g/mol. The number of methoxy groups -OCH3 is 1. The van der Waals surface area contributed by atoms with E-state index in [0.29, 0.717) is 23.3 Å². The Labute approximate surface area is 350 Å². The number of hydrogen-bond acceptors (Lipinski definition) is 6. The standard InChI is InChI=1S/C50H66N4O5/c1-12-34-30(7)37-24-39-32(9)36(20-21-43(55)59-23-22-29(6)19-15-18-28(5)17-14-16-27(3)4)47(53-39)45-46(50(57)58-11)49(56)44-33(10)40(54-48(44)45)26-42-35(13-2)31(8)38(52-42)25-41(34)51-37/h12,22,24-28,32,36,46,51-54H,1,13-21,23H2,2-11H3/b29-22+,38-25-,39-24-,42-26-,47-45-/t28-,32+,36+,46-/m1/s1. The van der Waals surface area contributed by atoms with Crippen LogP contribution in [0.4, 0.5) is 0 Å². The van der Waals surface area contributed by atoms with Crippen LogP contribution in [0.25, 0.3) is 29.9 Å². The SMILES string of the molecule is C=Cc1c2[nH]c(c1C)/C=C1\N/C(=C3\c4[nH]c(c(C)c4C(=O)[C@@H]3C(=O)OC)/C=c3\[nH]/c(c(C)c3CC)=C\2)[C@@H](CCC(=O)OC/C=C(\C)CCC[C@H](C)CCCC(C)C)[C@@H]1C. The molecule has 2 aliphatic heterocycles. The molecule has 3 aromatic rings. The third kappa shape index (κ3) is 8.95. The smallest absolute Gasteiger partial charge is 0.321 e. The molecule has 316 valence electrons. The number of esters is 2. The maximum absolute atomic E-state index is 14.4. The number of carbonyl (C=O) groups excluding carboxylic acids is 3. The van der Waals surface area contributed by atoms with Gasteiger partial charge in [-0.3, -0.25) is 14.4 Å². The molecule has 5 heterocycles. The lowest BCUT2D eigenvalue weighted by atomic mass is 9.85. The van der Waals surface area contributed by atoms with Crippen LogP contribution < -0.4 is 16.0 Å². The van der Waals surface area contributed by atoms with E-state index in [9.17, 15) is 14.4 Å². The fraction of sp³-hybridized carbons (Fsp3) is 0.500. The summed E-state index contributed by atoms with van der Waals surface area (Å²) in [4.78, 5) is 52.2. The van der Waals surface area contributed by atoms with Crippen LogP contribution in [0.15, 0.2) is 29.6 Å². The van der Waals surface area contributed by atoms with Crippen LogP contribution in [-0.4, -0.2) is 46.4 Å². The molecule has 0 saturated carbocycles. The van der Waals surface area contributed by atoms with Crippen molar-refractivity contribution in [2.45, 2.75) is 120 Å². The summed E-state index contributed by atoms with van der Waals surface area (Å²) >= 11 is 0. The van der Waals surface area contributed by atoms with Crippen LogP contribution in [0.2, 0.25) is 0 Å². The number of Topliss-reactive ketones (excluding diaryl/α,β-unsaturated/α-hetero) is 1. The second-order valence-electron chi connectivity index (χ2n) is 17.7. The zero-order valence-electron chi connectivity index (χ0n) is 37.1. The van der Waals surface area contributed by atoms with E-state index in [1.165, 1.54) is 43.9 Å². The highest BCUT2D eigenvalue weighted by Gasteiger charge is 2.48. The van der Waals surface area contributed by atoms with Crippen LogP contribution in [-0.2, 0) is 25.5 Å². The van der Waals surface area contributed by atoms with Gasteiger partial charge in [-0.1, -0.05) is 78.5 Å². The molecule has 0 spiro atoms. The van der Waals surface area contributed by atoms with E-state index in [2.05, 4.69) is 100 Å². The molecule has 1 saturated heterocycles. The molecule has 1 fully saturated rings. The van der Waals surface area contributed by atoms with Gasteiger partial charge < -0.3 is 29.7 Å². The van der Waals surface area contributed by atoms with Crippen LogP contribution in [0.1, 0.15) is 154 Å². The van der Waals surface area contributed by atoms with E-state index in [4.69, 9.17) is 9.47 Å². The summed E-state index contributed by atoms with van der Waals surface area (Å²) in [6, 6.07) is 0. The summed E-state index contributed by atoms with van der Waals surface area (Å²) in [5, 5.41) is 5.65. The minimum Gasteiger partial charge on any atom is -0.468 e. The maximum atomic E-state index is 14.4. The summed E-state index contributed by atoms with van der Waals surface area (Å²) in [6.45, 7) is 23.9. The van der Waals surface area contributed by atoms with Crippen LogP contribution in [0.5, 0.6) is 0 Å². The number of ether oxygens (including phenoxy) is 2. The molecule has 0 radical (unpaired) electrons. The lowest BCUT2D eigenvalue weighted by Gasteiger charge is -2.19. The van der Waals surface area contributed by atoms with Crippen molar-refractivity contribution in [3.05, 3.63) is 96.5 Å². The lowest BCUT2D eigenvalue weighted by Crippen LogP contribution is -2.25. The van der Waals surface area contributed by atoms with Crippen molar-refractivity contribution >= 4 is 47.6 Å². The fourth-order valence-corrected chi connectivity index (χ4v) is 9.47. The predicted molar refractivity (Wildman–Crippen MR) is 239 cm³/mol. The molecule has 0 unspecified atom stereocenters. The van der Waals surface area contributed by atoms with Gasteiger partial charge in [-0.05, 0) is 112 Å². The van der Waals surface area contributed by atoms with Crippen LogP contribution >= 0.6 is 0 Å². The Morgan fingerprint density at radius 1 is 0.898 bits per heavy atom. The zero-order chi connectivity index (χ0) is 42.7. The van der Waals surface area contributed by atoms with Crippen molar-refractivity contribution in [1.82, 2.24) is 20.3 Å². The molecule has 1 aliphatic carbocycles. The number of fused-ring (bicyclic) bond motifs is 7. The number of H-pyrrole nitrogens is 3. The molecule has 9 nitrogen and oxygen atoms in total. The van der Waals surface area contributed by atoms with E-state index in [-0.39, 0.29) is 36.6 Å². The highest BCUT2D eigenvalue weighted by molar-refractivity contribution is 6.24. The average molecular weight is 803 g/mol. The second-order valence-corrected chi connectivity index (χ2v) is 17.7. The van der Waals surface area contributed by atoms with Gasteiger partial charge in [0.15, 0.2) is 5.78 Å². The third-order valence-corrected chi connectivity index (χ3v) is 13.2. The number of hydrogen-bond donors (Lipinski definition) is 4. The molecule has 3 aromatic heterocycles. The Morgan fingerprint density at radius 3 is 2.31 bits per heavy atom. The van der Waals surface area contributed by atoms with Gasteiger partial charge in [0.2, 0.25) is 0 Å². The highest BCUT2D eigenvalue weighted by atomic mass is 16.5. The van der Waals surface area contributed by atoms with Gasteiger partial charge in [0.1, 0.15) is 12.5 Å². The van der Waals surface area contributed by atoms with Crippen LogP contribution in [0.3, 0.4) is 0 Å². The molecule has 0 aromatic carbocycles. The summed E-state index contributed by atoms with van der Waals surface area (Å²) in [7, 11) is 1.32. The molecule has 0 amide bonds. The Kier molecular flexibility index (Phi) is 13.6. The molecule has 8 bridgehead atoms. The number of rotatable bonds is 16.